The highest BCUT2D eigenvalue weighted by atomic mass is 16.5. The number of amides is 2. The maximum atomic E-state index is 12.5. The van der Waals surface area contributed by atoms with Crippen LogP contribution >= 0.6 is 0 Å². The molecular formula is C24H24N4O5. The van der Waals surface area contributed by atoms with Crippen molar-refractivity contribution in [3.05, 3.63) is 78.2 Å². The summed E-state index contributed by atoms with van der Waals surface area (Å²) in [5.74, 6) is -0.988. The standard InChI is InChI=1S/C24H24N4O5/c1-3-28(4-2)23(30)17-8-5-9-18(14-17)27-21(29)16-32-24(31)20-11-7-13-26-22(20)33-19-10-6-12-25-15-19/h5-15H,3-4,16H2,1-2H3,(H,27,29). The molecule has 0 bridgehead atoms. The van der Waals surface area contributed by atoms with Crippen LogP contribution in [0.15, 0.2) is 67.1 Å². The van der Waals surface area contributed by atoms with Crippen LogP contribution in [-0.2, 0) is 9.53 Å². The summed E-state index contributed by atoms with van der Waals surface area (Å²) in [6.07, 6.45) is 4.55. The summed E-state index contributed by atoms with van der Waals surface area (Å²) in [6.45, 7) is 4.45. The zero-order chi connectivity index (χ0) is 23.6. The van der Waals surface area contributed by atoms with Crippen molar-refractivity contribution in [1.29, 1.82) is 0 Å². The van der Waals surface area contributed by atoms with Crippen molar-refractivity contribution in [2.75, 3.05) is 25.0 Å². The zero-order valence-electron chi connectivity index (χ0n) is 18.4. The molecule has 2 heterocycles. The van der Waals surface area contributed by atoms with Gasteiger partial charge >= 0.3 is 5.97 Å². The fourth-order valence-electron chi connectivity index (χ4n) is 2.98. The SMILES string of the molecule is CCN(CC)C(=O)c1cccc(NC(=O)COC(=O)c2cccnc2Oc2cccnc2)c1. The smallest absolute Gasteiger partial charge is 0.344 e. The van der Waals surface area contributed by atoms with E-state index in [1.165, 1.54) is 18.5 Å². The van der Waals surface area contributed by atoms with Gasteiger partial charge in [-0.3, -0.25) is 14.6 Å². The lowest BCUT2D eigenvalue weighted by Crippen LogP contribution is -2.30. The molecule has 2 aromatic heterocycles. The van der Waals surface area contributed by atoms with Gasteiger partial charge in [0, 0.05) is 36.7 Å². The van der Waals surface area contributed by atoms with Crippen molar-refractivity contribution in [3.63, 3.8) is 0 Å². The Balaban J connectivity index is 1.60. The molecule has 2 amide bonds. The second kappa shape index (κ2) is 11.4. The molecule has 0 unspecified atom stereocenters. The highest BCUT2D eigenvalue weighted by Crippen LogP contribution is 2.22. The predicted molar refractivity (Wildman–Crippen MR) is 121 cm³/mol. The summed E-state index contributed by atoms with van der Waals surface area (Å²) in [7, 11) is 0. The van der Waals surface area contributed by atoms with Crippen molar-refractivity contribution in [3.8, 4) is 11.6 Å². The van der Waals surface area contributed by atoms with E-state index in [4.69, 9.17) is 9.47 Å². The molecule has 1 N–H and O–H groups in total. The van der Waals surface area contributed by atoms with Crippen LogP contribution in [-0.4, -0.2) is 52.3 Å². The van der Waals surface area contributed by atoms with Crippen LogP contribution in [0, 0.1) is 0 Å². The third-order valence-corrected chi connectivity index (χ3v) is 4.62. The Morgan fingerprint density at radius 2 is 1.79 bits per heavy atom. The number of rotatable bonds is 9. The molecule has 9 nitrogen and oxygen atoms in total. The van der Waals surface area contributed by atoms with Crippen molar-refractivity contribution < 1.29 is 23.9 Å². The number of nitrogens with zero attached hydrogens (tertiary/aromatic N) is 3. The van der Waals surface area contributed by atoms with E-state index in [0.717, 1.165) is 0 Å². The average molecular weight is 448 g/mol. The Labute approximate surface area is 191 Å². The Kier molecular flexibility index (Phi) is 8.07. The second-order valence-electron chi connectivity index (χ2n) is 6.83. The molecule has 0 aliphatic heterocycles. The molecule has 0 fully saturated rings. The van der Waals surface area contributed by atoms with Gasteiger partial charge in [0.15, 0.2) is 6.61 Å². The lowest BCUT2D eigenvalue weighted by Gasteiger charge is -2.19. The van der Waals surface area contributed by atoms with Gasteiger partial charge in [-0.05, 0) is 56.3 Å². The normalized spacial score (nSPS) is 10.2. The number of anilines is 1. The number of hydrogen-bond acceptors (Lipinski definition) is 7. The van der Waals surface area contributed by atoms with E-state index in [0.29, 0.717) is 30.1 Å². The molecule has 0 saturated heterocycles. The van der Waals surface area contributed by atoms with Gasteiger partial charge in [0.2, 0.25) is 5.88 Å². The highest BCUT2D eigenvalue weighted by Gasteiger charge is 2.18. The molecule has 170 valence electrons. The number of carbonyl (C=O) groups excluding carboxylic acids is 3. The molecule has 0 radical (unpaired) electrons. The van der Waals surface area contributed by atoms with Gasteiger partial charge < -0.3 is 19.7 Å². The molecule has 0 atom stereocenters. The first-order valence-electron chi connectivity index (χ1n) is 10.4. The molecule has 9 heteroatoms. The number of ether oxygens (including phenoxy) is 2. The Bertz CT molecular complexity index is 1120. The van der Waals surface area contributed by atoms with E-state index in [9.17, 15) is 14.4 Å². The summed E-state index contributed by atoms with van der Waals surface area (Å²) in [6, 6.07) is 13.0. The lowest BCUT2D eigenvalue weighted by molar-refractivity contribution is -0.119. The Morgan fingerprint density at radius 3 is 2.52 bits per heavy atom. The molecule has 0 saturated carbocycles. The fourth-order valence-corrected chi connectivity index (χ4v) is 2.98. The number of hydrogen-bond donors (Lipinski definition) is 1. The molecule has 1 aromatic carbocycles. The minimum absolute atomic E-state index is 0.0403. The van der Waals surface area contributed by atoms with Crippen molar-refractivity contribution >= 4 is 23.5 Å². The fraction of sp³-hybridized carbons (Fsp3) is 0.208. The lowest BCUT2D eigenvalue weighted by atomic mass is 10.1. The number of esters is 1. The molecule has 3 aromatic rings. The number of benzene rings is 1. The van der Waals surface area contributed by atoms with Crippen LogP contribution in [0.4, 0.5) is 5.69 Å². The average Bonchev–Trinajstić information content (AvgIpc) is 2.84. The molecule has 0 spiro atoms. The highest BCUT2D eigenvalue weighted by molar-refractivity contribution is 5.98. The van der Waals surface area contributed by atoms with Gasteiger partial charge in [-0.15, -0.1) is 0 Å². The third-order valence-electron chi connectivity index (χ3n) is 4.62. The Morgan fingerprint density at radius 1 is 1.00 bits per heavy atom. The summed E-state index contributed by atoms with van der Waals surface area (Å²) < 4.78 is 10.7. The van der Waals surface area contributed by atoms with Crippen molar-refractivity contribution in [2.24, 2.45) is 0 Å². The summed E-state index contributed by atoms with van der Waals surface area (Å²) in [5.41, 5.74) is 0.957. The summed E-state index contributed by atoms with van der Waals surface area (Å²) in [5, 5.41) is 2.63. The zero-order valence-corrected chi connectivity index (χ0v) is 18.4. The predicted octanol–water partition coefficient (Wildman–Crippen LogP) is 3.55. The van der Waals surface area contributed by atoms with E-state index in [2.05, 4.69) is 15.3 Å². The quantitative estimate of drug-likeness (QED) is 0.499. The number of aromatic nitrogens is 2. The monoisotopic (exact) mass is 448 g/mol. The maximum Gasteiger partial charge on any atom is 0.344 e. The molecular weight excluding hydrogens is 424 g/mol. The van der Waals surface area contributed by atoms with Crippen LogP contribution in [0.25, 0.3) is 0 Å². The van der Waals surface area contributed by atoms with E-state index >= 15 is 0 Å². The van der Waals surface area contributed by atoms with Crippen molar-refractivity contribution in [1.82, 2.24) is 14.9 Å². The van der Waals surface area contributed by atoms with E-state index in [-0.39, 0.29) is 17.4 Å². The third kappa shape index (κ3) is 6.36. The van der Waals surface area contributed by atoms with Crippen LogP contribution in [0.2, 0.25) is 0 Å². The molecule has 0 aliphatic rings. The number of carbonyl (C=O) groups is 3. The first-order chi connectivity index (χ1) is 16.0. The summed E-state index contributed by atoms with van der Waals surface area (Å²) >= 11 is 0. The molecule has 3 rings (SSSR count). The van der Waals surface area contributed by atoms with Crippen LogP contribution < -0.4 is 10.1 Å². The molecule has 33 heavy (non-hydrogen) atoms. The van der Waals surface area contributed by atoms with Crippen LogP contribution in [0.3, 0.4) is 0 Å². The van der Waals surface area contributed by atoms with Gasteiger partial charge in [0.05, 0.1) is 6.20 Å². The largest absolute Gasteiger partial charge is 0.452 e. The van der Waals surface area contributed by atoms with Gasteiger partial charge in [-0.25, -0.2) is 9.78 Å². The second-order valence-corrected chi connectivity index (χ2v) is 6.83. The topological polar surface area (TPSA) is 111 Å². The van der Waals surface area contributed by atoms with E-state index in [1.807, 2.05) is 13.8 Å². The number of pyridine rings is 2. The number of nitrogens with one attached hydrogen (secondary N) is 1. The van der Waals surface area contributed by atoms with Crippen LogP contribution in [0.5, 0.6) is 11.6 Å². The minimum Gasteiger partial charge on any atom is -0.452 e. The van der Waals surface area contributed by atoms with E-state index < -0.39 is 18.5 Å². The van der Waals surface area contributed by atoms with Gasteiger partial charge in [0.1, 0.15) is 11.3 Å². The summed E-state index contributed by atoms with van der Waals surface area (Å²) in [4.78, 5) is 47.0. The first kappa shape index (κ1) is 23.4. The van der Waals surface area contributed by atoms with Crippen molar-refractivity contribution in [2.45, 2.75) is 13.8 Å². The van der Waals surface area contributed by atoms with Gasteiger partial charge in [-0.1, -0.05) is 6.07 Å². The Hall–Kier alpha value is -4.27. The van der Waals surface area contributed by atoms with E-state index in [1.54, 1.807) is 53.6 Å². The van der Waals surface area contributed by atoms with Gasteiger partial charge in [0.25, 0.3) is 11.8 Å². The maximum absolute atomic E-state index is 12.5. The van der Waals surface area contributed by atoms with Crippen LogP contribution in [0.1, 0.15) is 34.6 Å². The van der Waals surface area contributed by atoms with Gasteiger partial charge in [-0.2, -0.15) is 0 Å². The first-order valence-corrected chi connectivity index (χ1v) is 10.4. The minimum atomic E-state index is -0.761. The molecule has 0 aliphatic carbocycles.